The Kier molecular flexibility index (Phi) is 3.79. The maximum atomic E-state index is 11.4. The van der Waals surface area contributed by atoms with Gasteiger partial charge in [-0.2, -0.15) is 0 Å². The fourth-order valence-electron chi connectivity index (χ4n) is 0.955. The van der Waals surface area contributed by atoms with Crippen molar-refractivity contribution >= 4 is 23.1 Å². The summed E-state index contributed by atoms with van der Waals surface area (Å²) in [6.07, 6.45) is 0. The second kappa shape index (κ2) is 4.88. The topological polar surface area (TPSA) is 63.6 Å². The first kappa shape index (κ1) is 10.9. The zero-order chi connectivity index (χ0) is 10.6. The summed E-state index contributed by atoms with van der Waals surface area (Å²) in [6.45, 7) is 1.23. The molecule has 1 aromatic rings. The number of ether oxygens (including phenoxy) is 1. The number of ketones is 1. The largest absolute Gasteiger partial charge is 0.480 e. The Morgan fingerprint density at radius 1 is 1.50 bits per heavy atom. The number of thiophene rings is 1. The molecular weight excluding hydrogens is 204 g/mol. The molecule has 0 saturated carbocycles. The van der Waals surface area contributed by atoms with Crippen molar-refractivity contribution in [2.75, 3.05) is 13.2 Å². The van der Waals surface area contributed by atoms with Crippen LogP contribution in [-0.2, 0) is 9.53 Å². The Balaban J connectivity index is 2.44. The van der Waals surface area contributed by atoms with Crippen LogP contribution in [0, 0.1) is 6.92 Å². The highest BCUT2D eigenvalue weighted by Crippen LogP contribution is 2.15. The van der Waals surface area contributed by atoms with Gasteiger partial charge < -0.3 is 9.84 Å². The number of Topliss-reactive ketones (excluding diaryl/α,β-unsaturated/α-hetero) is 1. The molecule has 1 rings (SSSR count). The van der Waals surface area contributed by atoms with Crippen LogP contribution in [0.15, 0.2) is 11.4 Å². The molecule has 0 aliphatic rings. The number of aryl methyl sites for hydroxylation is 1. The van der Waals surface area contributed by atoms with Gasteiger partial charge in [-0.15, -0.1) is 11.3 Å². The van der Waals surface area contributed by atoms with E-state index in [4.69, 9.17) is 9.84 Å². The molecule has 0 saturated heterocycles. The zero-order valence-corrected chi connectivity index (χ0v) is 8.47. The second-order valence-corrected chi connectivity index (χ2v) is 3.66. The van der Waals surface area contributed by atoms with E-state index >= 15 is 0 Å². The minimum absolute atomic E-state index is 0.168. The van der Waals surface area contributed by atoms with Crippen LogP contribution in [0.5, 0.6) is 0 Å². The van der Waals surface area contributed by atoms with Gasteiger partial charge in [0.25, 0.3) is 0 Å². The molecule has 4 nitrogen and oxygen atoms in total. The quantitative estimate of drug-likeness (QED) is 0.751. The highest BCUT2D eigenvalue weighted by molar-refractivity contribution is 7.12. The van der Waals surface area contributed by atoms with E-state index in [2.05, 4.69) is 0 Å². The Bertz CT molecular complexity index is 342. The van der Waals surface area contributed by atoms with Gasteiger partial charge in [-0.25, -0.2) is 4.79 Å². The summed E-state index contributed by atoms with van der Waals surface area (Å²) in [5.41, 5.74) is 0.902. The Labute approximate surface area is 85.1 Å². The summed E-state index contributed by atoms with van der Waals surface area (Å²) in [7, 11) is 0. The first-order valence-electron chi connectivity index (χ1n) is 3.98. The molecule has 0 atom stereocenters. The van der Waals surface area contributed by atoms with E-state index in [0.29, 0.717) is 4.88 Å². The zero-order valence-electron chi connectivity index (χ0n) is 7.65. The third-order valence-corrected chi connectivity index (χ3v) is 2.63. The number of hydrogen-bond acceptors (Lipinski definition) is 4. The van der Waals surface area contributed by atoms with E-state index in [1.165, 1.54) is 11.3 Å². The second-order valence-electron chi connectivity index (χ2n) is 2.74. The fourth-order valence-corrected chi connectivity index (χ4v) is 1.81. The molecule has 0 aliphatic carbocycles. The average molecular weight is 214 g/mol. The van der Waals surface area contributed by atoms with Crippen LogP contribution in [0.1, 0.15) is 15.2 Å². The molecule has 1 N–H and O–H groups in total. The Hall–Kier alpha value is -1.20. The van der Waals surface area contributed by atoms with Crippen molar-refractivity contribution in [1.29, 1.82) is 0 Å². The number of carboxylic acid groups (broad SMARTS) is 1. The molecule has 0 spiro atoms. The summed E-state index contributed by atoms with van der Waals surface area (Å²) in [5.74, 6) is -1.24. The SMILES string of the molecule is Cc1ccsc1C(=O)COCC(=O)O. The lowest BCUT2D eigenvalue weighted by molar-refractivity contribution is -0.141. The minimum atomic E-state index is -1.07. The van der Waals surface area contributed by atoms with E-state index in [1.807, 2.05) is 18.4 Å². The van der Waals surface area contributed by atoms with Gasteiger partial charge in [0.2, 0.25) is 0 Å². The van der Waals surface area contributed by atoms with E-state index in [9.17, 15) is 9.59 Å². The Morgan fingerprint density at radius 2 is 2.21 bits per heavy atom. The van der Waals surface area contributed by atoms with E-state index < -0.39 is 12.6 Å². The molecule has 76 valence electrons. The van der Waals surface area contributed by atoms with Gasteiger partial charge in [0.15, 0.2) is 5.78 Å². The fraction of sp³-hybridized carbons (Fsp3) is 0.333. The molecule has 0 amide bonds. The van der Waals surface area contributed by atoms with Crippen molar-refractivity contribution in [2.24, 2.45) is 0 Å². The molecule has 1 heterocycles. The summed E-state index contributed by atoms with van der Waals surface area (Å²) in [4.78, 5) is 22.1. The average Bonchev–Trinajstić information content (AvgIpc) is 2.50. The molecule has 0 aromatic carbocycles. The third-order valence-electron chi connectivity index (χ3n) is 1.57. The molecule has 14 heavy (non-hydrogen) atoms. The van der Waals surface area contributed by atoms with Crippen molar-refractivity contribution in [2.45, 2.75) is 6.92 Å². The number of carbonyl (C=O) groups is 2. The standard InChI is InChI=1S/C9H10O4S/c1-6-2-3-14-9(6)7(10)4-13-5-8(11)12/h2-3H,4-5H2,1H3,(H,11,12). The van der Waals surface area contributed by atoms with Crippen molar-refractivity contribution in [1.82, 2.24) is 0 Å². The third kappa shape index (κ3) is 2.93. The van der Waals surface area contributed by atoms with Crippen molar-refractivity contribution in [3.63, 3.8) is 0 Å². The molecule has 1 aromatic heterocycles. The number of carboxylic acids is 1. The molecule has 0 fully saturated rings. The molecule has 0 unspecified atom stereocenters. The van der Waals surface area contributed by atoms with E-state index in [0.717, 1.165) is 5.56 Å². The molecule has 0 radical (unpaired) electrons. The number of carbonyl (C=O) groups excluding carboxylic acids is 1. The van der Waals surface area contributed by atoms with Crippen LogP contribution in [0.3, 0.4) is 0 Å². The van der Waals surface area contributed by atoms with Crippen LogP contribution in [0.25, 0.3) is 0 Å². The maximum absolute atomic E-state index is 11.4. The number of hydrogen-bond donors (Lipinski definition) is 1. The van der Waals surface area contributed by atoms with Gasteiger partial charge in [0, 0.05) is 0 Å². The maximum Gasteiger partial charge on any atom is 0.329 e. The first-order chi connectivity index (χ1) is 6.61. The van der Waals surface area contributed by atoms with Crippen molar-refractivity contribution < 1.29 is 19.4 Å². The molecule has 0 bridgehead atoms. The lowest BCUT2D eigenvalue weighted by Crippen LogP contribution is -2.14. The van der Waals surface area contributed by atoms with Gasteiger partial charge >= 0.3 is 5.97 Å². The predicted octanol–water partition coefficient (Wildman–Crippen LogP) is 1.34. The molecular formula is C9H10O4S. The summed E-state index contributed by atoms with van der Waals surface area (Å²) >= 11 is 1.34. The van der Waals surface area contributed by atoms with Crippen molar-refractivity contribution in [3.05, 3.63) is 21.9 Å². The monoisotopic (exact) mass is 214 g/mol. The smallest absolute Gasteiger partial charge is 0.329 e. The summed E-state index contributed by atoms with van der Waals surface area (Å²) in [6, 6.07) is 1.84. The van der Waals surface area contributed by atoms with Crippen LogP contribution in [0.2, 0.25) is 0 Å². The highest BCUT2D eigenvalue weighted by Gasteiger charge is 2.10. The molecule has 5 heteroatoms. The minimum Gasteiger partial charge on any atom is -0.480 e. The summed E-state index contributed by atoms with van der Waals surface area (Å²) < 4.78 is 4.69. The lowest BCUT2D eigenvalue weighted by atomic mass is 10.2. The van der Waals surface area contributed by atoms with Gasteiger partial charge in [0.1, 0.15) is 13.2 Å². The van der Waals surface area contributed by atoms with Gasteiger partial charge in [-0.1, -0.05) is 0 Å². The van der Waals surface area contributed by atoms with Gasteiger partial charge in [-0.3, -0.25) is 4.79 Å². The van der Waals surface area contributed by atoms with E-state index in [-0.39, 0.29) is 12.4 Å². The lowest BCUT2D eigenvalue weighted by Gasteiger charge is -1.99. The van der Waals surface area contributed by atoms with Crippen LogP contribution in [0.4, 0.5) is 0 Å². The normalized spacial score (nSPS) is 10.1. The van der Waals surface area contributed by atoms with Crippen molar-refractivity contribution in [3.8, 4) is 0 Å². The number of aliphatic carboxylic acids is 1. The Morgan fingerprint density at radius 3 is 2.71 bits per heavy atom. The van der Waals surface area contributed by atoms with Gasteiger partial charge in [0.05, 0.1) is 4.88 Å². The first-order valence-corrected chi connectivity index (χ1v) is 4.86. The highest BCUT2D eigenvalue weighted by atomic mass is 32.1. The number of rotatable bonds is 5. The molecule has 0 aliphatic heterocycles. The van der Waals surface area contributed by atoms with E-state index in [1.54, 1.807) is 0 Å². The summed E-state index contributed by atoms with van der Waals surface area (Å²) in [5, 5.41) is 10.1. The predicted molar refractivity (Wildman–Crippen MR) is 51.8 cm³/mol. The van der Waals surface area contributed by atoms with Crippen LogP contribution >= 0.6 is 11.3 Å². The van der Waals surface area contributed by atoms with Crippen LogP contribution < -0.4 is 0 Å². The van der Waals surface area contributed by atoms with Crippen LogP contribution in [-0.4, -0.2) is 30.1 Å². The van der Waals surface area contributed by atoms with Gasteiger partial charge in [-0.05, 0) is 23.9 Å².